The molecule has 0 bridgehead atoms. The molecule has 0 atom stereocenters. The minimum atomic E-state index is -0.572. The van der Waals surface area contributed by atoms with E-state index in [1.54, 1.807) is 36.4 Å². The van der Waals surface area contributed by atoms with E-state index in [1.807, 2.05) is 6.92 Å². The number of halogens is 1. The molecule has 130 valence electrons. The van der Waals surface area contributed by atoms with Crippen molar-refractivity contribution in [1.29, 1.82) is 0 Å². The lowest BCUT2D eigenvalue weighted by atomic mass is 10.2. The van der Waals surface area contributed by atoms with Gasteiger partial charge in [0.2, 0.25) is 0 Å². The van der Waals surface area contributed by atoms with Crippen LogP contribution in [0.5, 0.6) is 5.75 Å². The van der Waals surface area contributed by atoms with Crippen molar-refractivity contribution in [3.05, 3.63) is 66.0 Å². The van der Waals surface area contributed by atoms with Gasteiger partial charge in [0.1, 0.15) is 11.6 Å². The standard InChI is InChI=1S/C19H19FN2O3/c1-2-12-21-19(24)22-16-4-3-5-17(13-16)25-18(23)11-8-14-6-9-15(20)10-7-14/h3-11,13H,2,12H2,1H3,(H2,21,22,24)/b11-8+. The molecule has 0 aliphatic rings. The minimum Gasteiger partial charge on any atom is -0.423 e. The third-order valence-electron chi connectivity index (χ3n) is 3.13. The first-order chi connectivity index (χ1) is 12.1. The van der Waals surface area contributed by atoms with E-state index >= 15 is 0 Å². The summed E-state index contributed by atoms with van der Waals surface area (Å²) < 4.78 is 18.0. The highest BCUT2D eigenvalue weighted by molar-refractivity contribution is 5.90. The van der Waals surface area contributed by atoms with Gasteiger partial charge in [0.05, 0.1) is 0 Å². The molecule has 2 aromatic rings. The Hall–Kier alpha value is -3.15. The molecule has 0 heterocycles. The predicted octanol–water partition coefficient (Wildman–Crippen LogP) is 3.98. The molecule has 0 saturated carbocycles. The molecule has 0 aromatic heterocycles. The van der Waals surface area contributed by atoms with Crippen LogP contribution in [0.1, 0.15) is 18.9 Å². The Labute approximate surface area is 145 Å². The van der Waals surface area contributed by atoms with E-state index in [0.717, 1.165) is 6.42 Å². The quantitative estimate of drug-likeness (QED) is 0.474. The van der Waals surface area contributed by atoms with Crippen molar-refractivity contribution >= 4 is 23.8 Å². The van der Waals surface area contributed by atoms with E-state index in [0.29, 0.717) is 23.5 Å². The van der Waals surface area contributed by atoms with E-state index in [9.17, 15) is 14.0 Å². The highest BCUT2D eigenvalue weighted by atomic mass is 19.1. The monoisotopic (exact) mass is 342 g/mol. The summed E-state index contributed by atoms with van der Waals surface area (Å²) in [6, 6.07) is 11.9. The number of nitrogens with one attached hydrogen (secondary N) is 2. The fourth-order valence-electron chi connectivity index (χ4n) is 1.94. The summed E-state index contributed by atoms with van der Waals surface area (Å²) in [6.07, 6.45) is 3.62. The first-order valence-corrected chi connectivity index (χ1v) is 7.87. The largest absolute Gasteiger partial charge is 0.423 e. The number of rotatable bonds is 6. The first-order valence-electron chi connectivity index (χ1n) is 7.87. The van der Waals surface area contributed by atoms with Crippen molar-refractivity contribution < 1.29 is 18.7 Å². The minimum absolute atomic E-state index is 0.307. The van der Waals surface area contributed by atoms with Crippen LogP contribution in [0.4, 0.5) is 14.9 Å². The Morgan fingerprint density at radius 3 is 2.64 bits per heavy atom. The van der Waals surface area contributed by atoms with Crippen LogP contribution in [-0.2, 0) is 4.79 Å². The number of esters is 1. The molecular formula is C19H19FN2O3. The summed E-state index contributed by atoms with van der Waals surface area (Å²) in [5.41, 5.74) is 1.20. The van der Waals surface area contributed by atoms with Crippen LogP contribution in [0.3, 0.4) is 0 Å². The Kier molecular flexibility index (Phi) is 6.71. The summed E-state index contributed by atoms with van der Waals surface area (Å²) in [5.74, 6) is -0.606. The zero-order valence-corrected chi connectivity index (χ0v) is 13.8. The van der Waals surface area contributed by atoms with Crippen LogP contribution < -0.4 is 15.4 Å². The molecule has 0 fully saturated rings. The third kappa shape index (κ3) is 6.47. The highest BCUT2D eigenvalue weighted by Gasteiger charge is 2.04. The maximum Gasteiger partial charge on any atom is 0.336 e. The maximum absolute atomic E-state index is 12.8. The van der Waals surface area contributed by atoms with Crippen LogP contribution in [0.15, 0.2) is 54.6 Å². The number of hydrogen-bond acceptors (Lipinski definition) is 3. The second-order valence-electron chi connectivity index (χ2n) is 5.21. The fourth-order valence-corrected chi connectivity index (χ4v) is 1.94. The zero-order chi connectivity index (χ0) is 18.1. The van der Waals surface area contributed by atoms with Crippen molar-refractivity contribution in [2.24, 2.45) is 0 Å². The van der Waals surface area contributed by atoms with Crippen molar-refractivity contribution in [2.75, 3.05) is 11.9 Å². The molecule has 0 aliphatic carbocycles. The van der Waals surface area contributed by atoms with Crippen LogP contribution in [-0.4, -0.2) is 18.5 Å². The number of carbonyl (C=O) groups excluding carboxylic acids is 2. The molecule has 2 N–H and O–H groups in total. The number of benzene rings is 2. The van der Waals surface area contributed by atoms with E-state index in [-0.39, 0.29) is 11.8 Å². The van der Waals surface area contributed by atoms with E-state index < -0.39 is 5.97 Å². The van der Waals surface area contributed by atoms with Crippen LogP contribution in [0, 0.1) is 5.82 Å². The van der Waals surface area contributed by atoms with Crippen LogP contribution in [0.2, 0.25) is 0 Å². The van der Waals surface area contributed by atoms with Crippen molar-refractivity contribution in [1.82, 2.24) is 5.32 Å². The van der Waals surface area contributed by atoms with Gasteiger partial charge in [0.25, 0.3) is 0 Å². The summed E-state index contributed by atoms with van der Waals surface area (Å²) >= 11 is 0. The number of hydrogen-bond donors (Lipinski definition) is 2. The smallest absolute Gasteiger partial charge is 0.336 e. The lowest BCUT2D eigenvalue weighted by Gasteiger charge is -2.08. The number of ether oxygens (including phenoxy) is 1. The van der Waals surface area contributed by atoms with E-state index in [4.69, 9.17) is 4.74 Å². The number of urea groups is 1. The van der Waals surface area contributed by atoms with Crippen LogP contribution >= 0.6 is 0 Å². The van der Waals surface area contributed by atoms with E-state index in [2.05, 4.69) is 10.6 Å². The molecule has 0 unspecified atom stereocenters. The SMILES string of the molecule is CCCNC(=O)Nc1cccc(OC(=O)/C=C/c2ccc(F)cc2)c1. The van der Waals surface area contributed by atoms with E-state index in [1.165, 1.54) is 24.3 Å². The van der Waals surface area contributed by atoms with Gasteiger partial charge in [0.15, 0.2) is 0 Å². The van der Waals surface area contributed by atoms with Crippen molar-refractivity contribution in [2.45, 2.75) is 13.3 Å². The number of amides is 2. The summed E-state index contributed by atoms with van der Waals surface area (Å²) in [5, 5.41) is 5.35. The molecular weight excluding hydrogens is 323 g/mol. The summed E-state index contributed by atoms with van der Waals surface area (Å²) in [7, 11) is 0. The van der Waals surface area contributed by atoms with Gasteiger partial charge in [-0.15, -0.1) is 0 Å². The average Bonchev–Trinajstić information content (AvgIpc) is 2.60. The van der Waals surface area contributed by atoms with Crippen molar-refractivity contribution in [3.63, 3.8) is 0 Å². The predicted molar refractivity (Wildman–Crippen MR) is 94.8 cm³/mol. The van der Waals surface area contributed by atoms with Gasteiger partial charge in [-0.2, -0.15) is 0 Å². The van der Waals surface area contributed by atoms with Crippen LogP contribution in [0.25, 0.3) is 6.08 Å². The molecule has 0 aliphatic heterocycles. The summed E-state index contributed by atoms with van der Waals surface area (Å²) in [4.78, 5) is 23.5. The van der Waals surface area contributed by atoms with Gasteiger partial charge in [0, 0.05) is 24.4 Å². The van der Waals surface area contributed by atoms with Gasteiger partial charge >= 0.3 is 12.0 Å². The van der Waals surface area contributed by atoms with Gasteiger partial charge in [-0.25, -0.2) is 14.0 Å². The highest BCUT2D eigenvalue weighted by Crippen LogP contribution is 2.17. The van der Waals surface area contributed by atoms with Crippen molar-refractivity contribution in [3.8, 4) is 5.75 Å². The van der Waals surface area contributed by atoms with Gasteiger partial charge in [-0.3, -0.25) is 0 Å². The Morgan fingerprint density at radius 1 is 1.16 bits per heavy atom. The normalized spacial score (nSPS) is 10.5. The third-order valence-corrected chi connectivity index (χ3v) is 3.13. The van der Waals surface area contributed by atoms with Gasteiger partial charge < -0.3 is 15.4 Å². The topological polar surface area (TPSA) is 67.4 Å². The Balaban J connectivity index is 1.93. The lowest BCUT2D eigenvalue weighted by Crippen LogP contribution is -2.29. The van der Waals surface area contributed by atoms with Gasteiger partial charge in [-0.1, -0.05) is 25.1 Å². The molecule has 0 spiro atoms. The molecule has 6 heteroatoms. The average molecular weight is 342 g/mol. The molecule has 25 heavy (non-hydrogen) atoms. The maximum atomic E-state index is 12.8. The second kappa shape index (κ2) is 9.22. The Bertz CT molecular complexity index is 758. The van der Waals surface area contributed by atoms with Gasteiger partial charge in [-0.05, 0) is 42.3 Å². The summed E-state index contributed by atoms with van der Waals surface area (Å²) in [6.45, 7) is 2.54. The zero-order valence-electron chi connectivity index (χ0n) is 13.8. The number of anilines is 1. The molecule has 2 aromatic carbocycles. The number of carbonyl (C=O) groups is 2. The second-order valence-corrected chi connectivity index (χ2v) is 5.21. The first kappa shape index (κ1) is 18.2. The molecule has 2 rings (SSSR count). The molecule has 2 amide bonds. The molecule has 0 saturated heterocycles. The fraction of sp³-hybridized carbons (Fsp3) is 0.158. The molecule has 5 nitrogen and oxygen atoms in total. The molecule has 0 radical (unpaired) electrons. The Morgan fingerprint density at radius 2 is 1.92 bits per heavy atom. The lowest BCUT2D eigenvalue weighted by molar-refractivity contribution is -0.128.